The van der Waals surface area contributed by atoms with Crippen molar-refractivity contribution in [3.63, 3.8) is 0 Å². The van der Waals surface area contributed by atoms with Gasteiger partial charge in [0.15, 0.2) is 0 Å². The van der Waals surface area contributed by atoms with E-state index in [-0.39, 0.29) is 24.9 Å². The third-order valence-electron chi connectivity index (χ3n) is 7.33. The van der Waals surface area contributed by atoms with Gasteiger partial charge in [-0.05, 0) is 41.3 Å². The van der Waals surface area contributed by atoms with Gasteiger partial charge >= 0.3 is 0 Å². The first-order valence-corrected chi connectivity index (χ1v) is 12.3. The molecule has 3 N–H and O–H groups in total. The maximum absolute atomic E-state index is 13.8. The number of anilines is 1. The third kappa shape index (κ3) is 4.64. The van der Waals surface area contributed by atoms with Crippen LogP contribution >= 0.6 is 0 Å². The van der Waals surface area contributed by atoms with Crippen molar-refractivity contribution in [3.8, 4) is 0 Å². The number of primary amides is 1. The zero-order chi connectivity index (χ0) is 25.1. The molecule has 8 nitrogen and oxygen atoms in total. The summed E-state index contributed by atoms with van der Waals surface area (Å²) >= 11 is 0. The van der Waals surface area contributed by atoms with Crippen LogP contribution in [-0.4, -0.2) is 65.9 Å². The number of fused-ring (bicyclic) bond motifs is 1. The number of nitrogens with one attached hydrogen (secondary N) is 1. The van der Waals surface area contributed by atoms with Crippen molar-refractivity contribution in [2.45, 2.75) is 24.9 Å². The second-order valence-electron chi connectivity index (χ2n) is 9.60. The molecular formula is C28H31N5O3. The monoisotopic (exact) mass is 485 g/mol. The van der Waals surface area contributed by atoms with Crippen LogP contribution in [0.3, 0.4) is 0 Å². The summed E-state index contributed by atoms with van der Waals surface area (Å²) in [5, 5.41) is 4.98. The highest BCUT2D eigenvalue weighted by Crippen LogP contribution is 2.39. The number of rotatable bonds is 7. The molecule has 1 spiro atoms. The summed E-state index contributed by atoms with van der Waals surface area (Å²) in [7, 11) is 0. The van der Waals surface area contributed by atoms with Crippen LogP contribution in [0.5, 0.6) is 0 Å². The molecule has 8 heteroatoms. The fraction of sp³-hybridized carbons (Fsp3) is 0.321. The lowest BCUT2D eigenvalue weighted by Crippen LogP contribution is -2.56. The predicted octanol–water partition coefficient (Wildman–Crippen LogP) is 2.08. The highest BCUT2D eigenvalue weighted by molar-refractivity contribution is 5.96. The van der Waals surface area contributed by atoms with Gasteiger partial charge in [-0.2, -0.15) is 0 Å². The molecular weight excluding hydrogens is 454 g/mol. The molecule has 0 saturated carbocycles. The molecule has 2 aliphatic rings. The molecule has 0 bridgehead atoms. The van der Waals surface area contributed by atoms with Crippen molar-refractivity contribution < 1.29 is 14.4 Å². The summed E-state index contributed by atoms with van der Waals surface area (Å²) in [5.74, 6) is -1.04. The molecule has 0 radical (unpaired) electrons. The number of likely N-dealkylation sites (tertiary alicyclic amines) is 1. The summed E-state index contributed by atoms with van der Waals surface area (Å²) in [5.41, 5.74) is 6.70. The Balaban J connectivity index is 1.33. The van der Waals surface area contributed by atoms with Crippen LogP contribution < -0.4 is 16.0 Å². The molecule has 0 aromatic heterocycles. The lowest BCUT2D eigenvalue weighted by molar-refractivity contribution is -0.137. The molecule has 5 rings (SSSR count). The molecule has 0 unspecified atom stereocenters. The van der Waals surface area contributed by atoms with Crippen molar-refractivity contribution >= 4 is 34.2 Å². The Morgan fingerprint density at radius 2 is 1.61 bits per heavy atom. The average molecular weight is 486 g/mol. The molecule has 186 valence electrons. The zero-order valence-corrected chi connectivity index (χ0v) is 20.2. The Labute approximate surface area is 210 Å². The minimum Gasteiger partial charge on any atom is -0.368 e. The quantitative estimate of drug-likeness (QED) is 0.534. The van der Waals surface area contributed by atoms with Crippen LogP contribution in [0.15, 0.2) is 72.8 Å². The first kappa shape index (κ1) is 23.8. The number of benzene rings is 3. The van der Waals surface area contributed by atoms with Gasteiger partial charge in [0.25, 0.3) is 0 Å². The normalized spacial score (nSPS) is 17.6. The van der Waals surface area contributed by atoms with Crippen LogP contribution in [0.4, 0.5) is 5.69 Å². The minimum absolute atomic E-state index is 0.0367. The second-order valence-corrected chi connectivity index (χ2v) is 9.60. The number of nitrogens with two attached hydrogens (primary N) is 1. The average Bonchev–Trinajstić information content (AvgIpc) is 3.15. The maximum atomic E-state index is 13.8. The van der Waals surface area contributed by atoms with Crippen molar-refractivity contribution in [1.29, 1.82) is 0 Å². The number of carbonyl (C=O) groups is 3. The molecule has 2 fully saturated rings. The highest BCUT2D eigenvalue weighted by atomic mass is 16.2. The number of hydrogen-bond donors (Lipinski definition) is 2. The number of para-hydroxylation sites is 1. The van der Waals surface area contributed by atoms with Crippen molar-refractivity contribution in [2.75, 3.05) is 37.7 Å². The largest absolute Gasteiger partial charge is 0.368 e. The molecule has 3 aromatic rings. The maximum Gasteiger partial charge on any atom is 0.250 e. The first-order valence-electron chi connectivity index (χ1n) is 12.3. The van der Waals surface area contributed by atoms with Crippen molar-refractivity contribution in [3.05, 3.63) is 78.4 Å². The van der Waals surface area contributed by atoms with Gasteiger partial charge in [0.2, 0.25) is 17.7 Å². The molecule has 2 saturated heterocycles. The Bertz CT molecular complexity index is 1270. The van der Waals surface area contributed by atoms with Gasteiger partial charge in [0, 0.05) is 25.3 Å². The number of hydrogen-bond acceptors (Lipinski definition) is 5. The number of amides is 3. The van der Waals surface area contributed by atoms with Crippen molar-refractivity contribution in [2.24, 2.45) is 5.73 Å². The van der Waals surface area contributed by atoms with E-state index >= 15 is 0 Å². The van der Waals surface area contributed by atoms with E-state index < -0.39 is 11.4 Å². The number of piperidine rings is 1. The van der Waals surface area contributed by atoms with E-state index in [1.165, 1.54) is 16.3 Å². The zero-order valence-electron chi connectivity index (χ0n) is 20.2. The van der Waals surface area contributed by atoms with Gasteiger partial charge in [0.1, 0.15) is 12.1 Å². The second kappa shape index (κ2) is 9.99. The minimum atomic E-state index is -0.694. The van der Waals surface area contributed by atoms with E-state index in [9.17, 15) is 14.4 Å². The fourth-order valence-electron chi connectivity index (χ4n) is 5.49. The molecule has 3 amide bonds. The standard InChI is InChI=1S/C28H31N5O3/c29-25(34)17-30-26(35)19-32-20-33(23-10-2-1-3-11-23)28(27(32)36)13-15-31(16-14-28)18-22-9-6-8-21-7-4-5-12-24(21)22/h1-12H,13-20H2,(H2,29,34)(H,30,35). The van der Waals surface area contributed by atoms with E-state index in [4.69, 9.17) is 5.73 Å². The Morgan fingerprint density at radius 3 is 2.36 bits per heavy atom. The van der Waals surface area contributed by atoms with Gasteiger partial charge in [-0.15, -0.1) is 0 Å². The first-order chi connectivity index (χ1) is 17.5. The third-order valence-corrected chi connectivity index (χ3v) is 7.33. The topological polar surface area (TPSA) is 99.0 Å². The summed E-state index contributed by atoms with van der Waals surface area (Å²) in [6.07, 6.45) is 1.34. The van der Waals surface area contributed by atoms with Crippen LogP contribution in [0.2, 0.25) is 0 Å². The molecule has 2 heterocycles. The predicted molar refractivity (Wildman–Crippen MR) is 139 cm³/mol. The number of carbonyl (C=O) groups excluding carboxylic acids is 3. The van der Waals surface area contributed by atoms with Crippen molar-refractivity contribution in [1.82, 2.24) is 15.1 Å². The Hall–Kier alpha value is -3.91. The van der Waals surface area contributed by atoms with Gasteiger partial charge in [0.05, 0.1) is 13.2 Å². The summed E-state index contributed by atoms with van der Waals surface area (Å²) in [6, 6.07) is 24.7. The van der Waals surface area contributed by atoms with Crippen LogP contribution in [0, 0.1) is 0 Å². The lowest BCUT2D eigenvalue weighted by Gasteiger charge is -2.43. The van der Waals surface area contributed by atoms with E-state index in [0.29, 0.717) is 19.5 Å². The van der Waals surface area contributed by atoms with Crippen LogP contribution in [0.25, 0.3) is 10.8 Å². The van der Waals surface area contributed by atoms with Gasteiger partial charge in [-0.1, -0.05) is 60.7 Å². The molecule has 2 aliphatic heterocycles. The van der Waals surface area contributed by atoms with Gasteiger partial charge in [-0.25, -0.2) is 0 Å². The number of nitrogens with zero attached hydrogens (tertiary/aromatic N) is 3. The Kier molecular flexibility index (Phi) is 6.61. The van der Waals surface area contributed by atoms with E-state index in [0.717, 1.165) is 25.3 Å². The highest BCUT2D eigenvalue weighted by Gasteiger charge is 2.53. The van der Waals surface area contributed by atoms with E-state index in [1.807, 2.05) is 30.3 Å². The molecule has 3 aromatic carbocycles. The van der Waals surface area contributed by atoms with E-state index in [2.05, 4.69) is 57.6 Å². The summed E-state index contributed by atoms with van der Waals surface area (Å²) in [4.78, 5) is 43.3. The molecule has 36 heavy (non-hydrogen) atoms. The van der Waals surface area contributed by atoms with E-state index in [1.54, 1.807) is 4.90 Å². The van der Waals surface area contributed by atoms with Gasteiger partial charge < -0.3 is 20.9 Å². The SMILES string of the molecule is NC(=O)CNC(=O)CN1CN(c2ccccc2)C2(CCN(Cc3cccc4ccccc34)CC2)C1=O. The van der Waals surface area contributed by atoms with Crippen LogP contribution in [-0.2, 0) is 20.9 Å². The molecule has 0 atom stereocenters. The lowest BCUT2D eigenvalue weighted by atomic mass is 9.85. The van der Waals surface area contributed by atoms with Crippen LogP contribution in [0.1, 0.15) is 18.4 Å². The fourth-order valence-corrected chi connectivity index (χ4v) is 5.49. The molecule has 0 aliphatic carbocycles. The smallest absolute Gasteiger partial charge is 0.250 e. The summed E-state index contributed by atoms with van der Waals surface area (Å²) < 4.78 is 0. The summed E-state index contributed by atoms with van der Waals surface area (Å²) in [6.45, 7) is 2.38. The Morgan fingerprint density at radius 1 is 0.917 bits per heavy atom. The van der Waals surface area contributed by atoms with Gasteiger partial charge in [-0.3, -0.25) is 19.3 Å².